The summed E-state index contributed by atoms with van der Waals surface area (Å²) in [5, 5.41) is 13.6. The van der Waals surface area contributed by atoms with Crippen LogP contribution in [-0.2, 0) is 6.54 Å². The van der Waals surface area contributed by atoms with Crippen LogP contribution in [0.1, 0.15) is 16.8 Å². The summed E-state index contributed by atoms with van der Waals surface area (Å²) in [6, 6.07) is 6.58. The molecule has 1 aromatic heterocycles. The fourth-order valence-corrected chi connectivity index (χ4v) is 1.79. The quantitative estimate of drug-likeness (QED) is 0.826. The summed E-state index contributed by atoms with van der Waals surface area (Å²) in [7, 11) is 0. The topological polar surface area (TPSA) is 64.3 Å². The molecule has 0 aliphatic carbocycles. The zero-order chi connectivity index (χ0) is 13.7. The van der Waals surface area contributed by atoms with Crippen molar-refractivity contribution in [3.05, 3.63) is 47.2 Å². The lowest BCUT2D eigenvalue weighted by molar-refractivity contribution is 0.0692. The first-order valence-corrected chi connectivity index (χ1v) is 6.17. The number of nitrogens with zero attached hydrogens (tertiary/aromatic N) is 2. The molecule has 1 aromatic carbocycles. The van der Waals surface area contributed by atoms with Crippen molar-refractivity contribution in [2.24, 2.45) is 0 Å². The Morgan fingerprint density at radius 3 is 2.89 bits per heavy atom. The molecule has 0 aliphatic rings. The number of halogens is 1. The lowest BCUT2D eigenvalue weighted by Crippen LogP contribution is -2.07. The first-order valence-electron chi connectivity index (χ1n) is 5.80. The number of aromatic carboxylic acids is 1. The van der Waals surface area contributed by atoms with E-state index in [9.17, 15) is 4.79 Å². The van der Waals surface area contributed by atoms with E-state index in [1.54, 1.807) is 35.3 Å². The molecular formula is C13H13ClN2O3. The summed E-state index contributed by atoms with van der Waals surface area (Å²) < 4.78 is 7.19. The molecule has 0 spiro atoms. The smallest absolute Gasteiger partial charge is 0.339 e. The molecule has 0 fully saturated rings. The number of aryl methyl sites for hydroxylation is 1. The fourth-order valence-electron chi connectivity index (χ4n) is 1.64. The Morgan fingerprint density at radius 1 is 1.42 bits per heavy atom. The van der Waals surface area contributed by atoms with E-state index in [-0.39, 0.29) is 5.56 Å². The second-order valence-corrected chi connectivity index (χ2v) is 4.36. The molecule has 0 bridgehead atoms. The Morgan fingerprint density at radius 2 is 2.21 bits per heavy atom. The molecule has 0 aliphatic heterocycles. The van der Waals surface area contributed by atoms with Crippen LogP contribution in [0.5, 0.6) is 5.75 Å². The van der Waals surface area contributed by atoms with Crippen LogP contribution in [0, 0.1) is 0 Å². The van der Waals surface area contributed by atoms with Crippen LogP contribution in [0.2, 0.25) is 5.02 Å². The fraction of sp³-hybridized carbons (Fsp3) is 0.231. The zero-order valence-corrected chi connectivity index (χ0v) is 10.9. The highest BCUT2D eigenvalue weighted by Gasteiger charge is 2.09. The third-order valence-corrected chi connectivity index (χ3v) is 2.70. The van der Waals surface area contributed by atoms with Gasteiger partial charge < -0.3 is 9.84 Å². The van der Waals surface area contributed by atoms with Crippen LogP contribution in [-0.4, -0.2) is 27.5 Å². The molecule has 5 nitrogen and oxygen atoms in total. The number of hydrogen-bond acceptors (Lipinski definition) is 3. The van der Waals surface area contributed by atoms with Crippen molar-refractivity contribution in [3.63, 3.8) is 0 Å². The second-order valence-electron chi connectivity index (χ2n) is 3.92. The maximum absolute atomic E-state index is 11.0. The van der Waals surface area contributed by atoms with Gasteiger partial charge in [0.15, 0.2) is 0 Å². The van der Waals surface area contributed by atoms with Gasteiger partial charge in [-0.3, -0.25) is 4.68 Å². The monoisotopic (exact) mass is 280 g/mol. The van der Waals surface area contributed by atoms with Gasteiger partial charge in [-0.2, -0.15) is 5.10 Å². The average Bonchev–Trinajstić information content (AvgIpc) is 2.81. The van der Waals surface area contributed by atoms with Crippen molar-refractivity contribution in [2.75, 3.05) is 6.61 Å². The van der Waals surface area contributed by atoms with Crippen molar-refractivity contribution in [3.8, 4) is 5.75 Å². The van der Waals surface area contributed by atoms with Crippen molar-refractivity contribution in [1.82, 2.24) is 9.78 Å². The van der Waals surface area contributed by atoms with E-state index in [0.29, 0.717) is 30.3 Å². The number of carboxylic acid groups (broad SMARTS) is 1. The van der Waals surface area contributed by atoms with Crippen molar-refractivity contribution in [2.45, 2.75) is 13.0 Å². The van der Waals surface area contributed by atoms with E-state index in [2.05, 4.69) is 5.10 Å². The maximum Gasteiger partial charge on any atom is 0.339 e. The normalized spacial score (nSPS) is 10.4. The van der Waals surface area contributed by atoms with E-state index < -0.39 is 5.97 Å². The van der Waals surface area contributed by atoms with E-state index in [1.165, 1.54) is 6.07 Å². The molecule has 0 saturated carbocycles. The molecule has 0 amide bonds. The molecule has 0 atom stereocenters. The lowest BCUT2D eigenvalue weighted by Gasteiger charge is -2.08. The molecule has 100 valence electrons. The average molecular weight is 281 g/mol. The first kappa shape index (κ1) is 13.4. The second kappa shape index (κ2) is 6.24. The summed E-state index contributed by atoms with van der Waals surface area (Å²) >= 11 is 5.74. The third-order valence-electron chi connectivity index (χ3n) is 2.51. The Hall–Kier alpha value is -2.01. The van der Waals surface area contributed by atoms with Gasteiger partial charge in [-0.05, 0) is 12.1 Å². The third kappa shape index (κ3) is 3.72. The van der Waals surface area contributed by atoms with Crippen molar-refractivity contribution < 1.29 is 14.6 Å². The van der Waals surface area contributed by atoms with E-state index in [4.69, 9.17) is 21.4 Å². The zero-order valence-electron chi connectivity index (χ0n) is 10.1. The molecule has 6 heteroatoms. The van der Waals surface area contributed by atoms with Gasteiger partial charge in [-0.15, -0.1) is 0 Å². The Labute approximate surface area is 115 Å². The number of para-hydroxylation sites is 1. The van der Waals surface area contributed by atoms with Gasteiger partial charge in [-0.25, -0.2) is 4.79 Å². The van der Waals surface area contributed by atoms with Gasteiger partial charge in [0.25, 0.3) is 0 Å². The summed E-state index contributed by atoms with van der Waals surface area (Å²) in [5.41, 5.74) is 0.171. The van der Waals surface area contributed by atoms with Crippen LogP contribution in [0.4, 0.5) is 0 Å². The van der Waals surface area contributed by atoms with Gasteiger partial charge in [-0.1, -0.05) is 23.7 Å². The lowest BCUT2D eigenvalue weighted by atomic mass is 10.2. The first-order chi connectivity index (χ1) is 9.16. The Kier molecular flexibility index (Phi) is 4.41. The molecule has 19 heavy (non-hydrogen) atoms. The predicted molar refractivity (Wildman–Crippen MR) is 70.8 cm³/mol. The number of benzene rings is 1. The highest BCUT2D eigenvalue weighted by Crippen LogP contribution is 2.17. The molecule has 0 unspecified atom stereocenters. The van der Waals surface area contributed by atoms with E-state index >= 15 is 0 Å². The van der Waals surface area contributed by atoms with Gasteiger partial charge in [0, 0.05) is 19.2 Å². The summed E-state index contributed by atoms with van der Waals surface area (Å²) in [5.74, 6) is -0.608. The summed E-state index contributed by atoms with van der Waals surface area (Å²) in [4.78, 5) is 11.0. The minimum Gasteiger partial charge on any atom is -0.493 e. The van der Waals surface area contributed by atoms with Crippen molar-refractivity contribution >= 4 is 17.6 Å². The minimum atomic E-state index is -0.991. The standard InChI is InChI=1S/C13H13ClN2O3/c14-10-8-15-16(9-10)6-3-7-19-12-5-2-1-4-11(12)13(17)18/h1-2,4-5,8-9H,3,6-7H2,(H,17,18). The number of carbonyl (C=O) groups is 1. The SMILES string of the molecule is O=C(O)c1ccccc1OCCCn1cc(Cl)cn1. The van der Waals surface area contributed by atoms with Crippen LogP contribution >= 0.6 is 11.6 Å². The van der Waals surface area contributed by atoms with Crippen molar-refractivity contribution in [1.29, 1.82) is 0 Å². The maximum atomic E-state index is 11.0. The molecule has 1 heterocycles. The van der Waals surface area contributed by atoms with Gasteiger partial charge >= 0.3 is 5.97 Å². The summed E-state index contributed by atoms with van der Waals surface area (Å²) in [6.45, 7) is 1.09. The Balaban J connectivity index is 1.84. The number of carboxylic acids is 1. The highest BCUT2D eigenvalue weighted by molar-refractivity contribution is 6.30. The summed E-state index contributed by atoms with van der Waals surface area (Å²) in [6.07, 6.45) is 4.01. The highest BCUT2D eigenvalue weighted by atomic mass is 35.5. The number of ether oxygens (including phenoxy) is 1. The van der Waals surface area contributed by atoms with E-state index in [0.717, 1.165) is 0 Å². The van der Waals surface area contributed by atoms with Gasteiger partial charge in [0.2, 0.25) is 0 Å². The van der Waals surface area contributed by atoms with Crippen LogP contribution in [0.25, 0.3) is 0 Å². The molecule has 0 saturated heterocycles. The van der Waals surface area contributed by atoms with Gasteiger partial charge in [0.05, 0.1) is 17.8 Å². The number of rotatable bonds is 6. The molecule has 2 aromatic rings. The molecule has 1 N–H and O–H groups in total. The van der Waals surface area contributed by atoms with Crippen LogP contribution in [0.3, 0.4) is 0 Å². The van der Waals surface area contributed by atoms with Crippen LogP contribution in [0.15, 0.2) is 36.7 Å². The number of hydrogen-bond donors (Lipinski definition) is 1. The molecular weight excluding hydrogens is 268 g/mol. The van der Waals surface area contributed by atoms with Crippen LogP contribution < -0.4 is 4.74 Å². The molecule has 2 rings (SSSR count). The molecule has 0 radical (unpaired) electrons. The minimum absolute atomic E-state index is 0.171. The van der Waals surface area contributed by atoms with E-state index in [1.807, 2.05) is 0 Å². The predicted octanol–water partition coefficient (Wildman–Crippen LogP) is 2.70. The van der Waals surface area contributed by atoms with Gasteiger partial charge in [0.1, 0.15) is 11.3 Å². The Bertz CT molecular complexity index is 569. The number of aromatic nitrogens is 2. The largest absolute Gasteiger partial charge is 0.493 e.